The molecule has 7 heteroatoms. The van der Waals surface area contributed by atoms with Crippen molar-refractivity contribution in [3.63, 3.8) is 0 Å². The van der Waals surface area contributed by atoms with Gasteiger partial charge in [0.05, 0.1) is 13.2 Å². The summed E-state index contributed by atoms with van der Waals surface area (Å²) in [6.45, 7) is 5.01. The van der Waals surface area contributed by atoms with Gasteiger partial charge >= 0.3 is 5.97 Å². The lowest BCUT2D eigenvalue weighted by atomic mass is 9.96. The number of fused-ring (bicyclic) bond motifs is 1. The highest BCUT2D eigenvalue weighted by Crippen LogP contribution is 2.29. The summed E-state index contributed by atoms with van der Waals surface area (Å²) >= 11 is 0. The Morgan fingerprint density at radius 1 is 1.00 bits per heavy atom. The van der Waals surface area contributed by atoms with Crippen molar-refractivity contribution in [1.29, 1.82) is 0 Å². The summed E-state index contributed by atoms with van der Waals surface area (Å²) in [6.07, 6.45) is 2.04. The molecule has 206 valence electrons. The van der Waals surface area contributed by atoms with Crippen molar-refractivity contribution in [2.75, 3.05) is 40.0 Å². The van der Waals surface area contributed by atoms with Crippen LogP contribution < -0.4 is 9.47 Å². The third-order valence-corrected chi connectivity index (χ3v) is 6.24. The first kappa shape index (κ1) is 28.5. The molecule has 1 heterocycles. The Hall–Kier alpha value is -4.51. The fourth-order valence-corrected chi connectivity index (χ4v) is 4.24. The van der Waals surface area contributed by atoms with Gasteiger partial charge in [0, 0.05) is 17.5 Å². The van der Waals surface area contributed by atoms with Gasteiger partial charge in [0.15, 0.2) is 6.61 Å². The van der Waals surface area contributed by atoms with Crippen LogP contribution in [0.1, 0.15) is 28.0 Å². The summed E-state index contributed by atoms with van der Waals surface area (Å²) in [7, 11) is 1.92. The van der Waals surface area contributed by atoms with Gasteiger partial charge in [0.2, 0.25) is 0 Å². The Morgan fingerprint density at radius 2 is 1.77 bits per heavy atom. The summed E-state index contributed by atoms with van der Waals surface area (Å²) in [6, 6.07) is 21.6. The molecule has 1 aromatic heterocycles. The van der Waals surface area contributed by atoms with E-state index in [1.54, 1.807) is 12.1 Å². The van der Waals surface area contributed by atoms with Gasteiger partial charge in [-0.15, -0.1) is 0 Å². The van der Waals surface area contributed by atoms with Crippen molar-refractivity contribution in [1.82, 2.24) is 4.90 Å². The minimum absolute atomic E-state index is 0.113. The van der Waals surface area contributed by atoms with Gasteiger partial charge in [-0.1, -0.05) is 30.0 Å². The first-order valence-corrected chi connectivity index (χ1v) is 13.0. The summed E-state index contributed by atoms with van der Waals surface area (Å²) in [4.78, 5) is 12.8. The molecule has 0 amide bonds. The maximum absolute atomic E-state index is 10.8. The Labute approximate surface area is 234 Å². The summed E-state index contributed by atoms with van der Waals surface area (Å²) in [5, 5.41) is 18.9. The fourth-order valence-electron chi connectivity index (χ4n) is 4.24. The number of carboxylic acid groups (broad SMARTS) is 1. The van der Waals surface area contributed by atoms with Crippen molar-refractivity contribution >= 4 is 22.5 Å². The Morgan fingerprint density at radius 3 is 2.50 bits per heavy atom. The number of rotatable bonds is 11. The average molecular weight is 540 g/mol. The molecular formula is C33H33NO6. The van der Waals surface area contributed by atoms with Gasteiger partial charge in [-0.25, -0.2) is 4.79 Å². The normalized spacial score (nSPS) is 11.4. The Kier molecular flexibility index (Phi) is 9.63. The summed E-state index contributed by atoms with van der Waals surface area (Å²) in [5.74, 6) is 7.34. The molecule has 4 rings (SSSR count). The number of aliphatic carboxylic acids is 1. The number of hydrogen-bond acceptors (Lipinski definition) is 6. The van der Waals surface area contributed by atoms with Gasteiger partial charge in [-0.2, -0.15) is 0 Å². The number of furan rings is 1. The zero-order valence-electron chi connectivity index (χ0n) is 22.9. The van der Waals surface area contributed by atoms with E-state index in [0.29, 0.717) is 31.2 Å². The SMILES string of the molecule is Cc1cc2cc(/C(=C/COc3ccc(OCC(=O)O)c(C)c3)c3ccc(C#CCN(C)CCO)cc3)ccc2o1. The van der Waals surface area contributed by atoms with Crippen LogP contribution >= 0.6 is 0 Å². The van der Waals surface area contributed by atoms with Gasteiger partial charge < -0.3 is 24.1 Å². The quantitative estimate of drug-likeness (QED) is 0.250. The van der Waals surface area contributed by atoms with Crippen LogP contribution in [0.5, 0.6) is 11.5 Å². The molecule has 0 radical (unpaired) electrons. The predicted octanol–water partition coefficient (Wildman–Crippen LogP) is 5.30. The molecule has 7 nitrogen and oxygen atoms in total. The van der Waals surface area contributed by atoms with E-state index < -0.39 is 12.6 Å². The van der Waals surface area contributed by atoms with Crippen molar-refractivity contribution < 1.29 is 28.9 Å². The molecule has 0 fully saturated rings. The molecule has 0 aliphatic rings. The van der Waals surface area contributed by atoms with Gasteiger partial charge in [-0.3, -0.25) is 4.90 Å². The van der Waals surface area contributed by atoms with Gasteiger partial charge in [0.25, 0.3) is 0 Å². The molecule has 0 aliphatic heterocycles. The first-order valence-electron chi connectivity index (χ1n) is 13.0. The molecule has 0 saturated carbocycles. The zero-order valence-corrected chi connectivity index (χ0v) is 22.9. The third-order valence-electron chi connectivity index (χ3n) is 6.24. The van der Waals surface area contributed by atoms with Gasteiger partial charge in [0.1, 0.15) is 29.4 Å². The minimum atomic E-state index is -1.02. The van der Waals surface area contributed by atoms with Crippen LogP contribution in [0.25, 0.3) is 16.5 Å². The smallest absolute Gasteiger partial charge is 0.341 e. The number of aliphatic hydroxyl groups excluding tert-OH is 1. The lowest BCUT2D eigenvalue weighted by molar-refractivity contribution is -0.139. The molecule has 2 N–H and O–H groups in total. The van der Waals surface area contributed by atoms with E-state index >= 15 is 0 Å². The van der Waals surface area contributed by atoms with E-state index in [4.69, 9.17) is 24.1 Å². The van der Waals surface area contributed by atoms with E-state index in [0.717, 1.165) is 44.6 Å². The molecule has 0 spiro atoms. The Balaban J connectivity index is 1.56. The number of ether oxygens (including phenoxy) is 2. The van der Waals surface area contributed by atoms with Crippen LogP contribution in [0, 0.1) is 25.7 Å². The molecule has 4 aromatic rings. The molecule has 0 aliphatic carbocycles. The van der Waals surface area contributed by atoms with Crippen LogP contribution in [-0.4, -0.2) is 61.0 Å². The van der Waals surface area contributed by atoms with E-state index in [2.05, 4.69) is 30.0 Å². The highest BCUT2D eigenvalue weighted by atomic mass is 16.5. The standard InChI is InChI=1S/C33H33NO6/c1-23-19-29(11-13-31(23)39-22-33(36)37)38-18-14-30(27-10-12-32-28(21-27)20-24(2)40-32)26-8-6-25(7-9-26)5-4-15-34(3)16-17-35/h6-14,19-21,35H,15-18,22H2,1-3H3,(H,36,37)/b30-14+. The number of likely N-dealkylation sites (N-methyl/N-ethyl adjacent to an activating group) is 1. The highest BCUT2D eigenvalue weighted by molar-refractivity contribution is 5.87. The maximum atomic E-state index is 10.8. The predicted molar refractivity (Wildman–Crippen MR) is 156 cm³/mol. The zero-order chi connectivity index (χ0) is 28.5. The molecule has 0 bridgehead atoms. The number of aryl methyl sites for hydroxylation is 2. The number of carbonyl (C=O) groups is 1. The van der Waals surface area contributed by atoms with Crippen LogP contribution in [0.3, 0.4) is 0 Å². The molecule has 0 atom stereocenters. The van der Waals surface area contributed by atoms with E-state index in [-0.39, 0.29) is 6.61 Å². The minimum Gasteiger partial charge on any atom is -0.489 e. The van der Waals surface area contributed by atoms with E-state index in [1.165, 1.54) is 0 Å². The van der Waals surface area contributed by atoms with Crippen LogP contribution in [0.2, 0.25) is 0 Å². The molecule has 3 aromatic carbocycles. The van der Waals surface area contributed by atoms with Crippen LogP contribution in [0.15, 0.2) is 77.2 Å². The second-order valence-corrected chi connectivity index (χ2v) is 9.49. The van der Waals surface area contributed by atoms with E-state index in [9.17, 15) is 4.79 Å². The molecule has 40 heavy (non-hydrogen) atoms. The lowest BCUT2D eigenvalue weighted by Gasteiger charge is -2.12. The first-order chi connectivity index (χ1) is 19.3. The lowest BCUT2D eigenvalue weighted by Crippen LogP contribution is -2.22. The Bertz CT molecular complexity index is 1560. The monoisotopic (exact) mass is 539 g/mol. The topological polar surface area (TPSA) is 92.4 Å². The van der Waals surface area contributed by atoms with Crippen molar-refractivity contribution in [3.05, 3.63) is 101 Å². The third kappa shape index (κ3) is 7.76. The number of nitrogens with zero attached hydrogens (tertiary/aromatic N) is 1. The number of benzene rings is 3. The maximum Gasteiger partial charge on any atom is 0.341 e. The molecule has 0 saturated heterocycles. The van der Waals surface area contributed by atoms with Crippen LogP contribution in [0.4, 0.5) is 0 Å². The summed E-state index contributed by atoms with van der Waals surface area (Å²) < 4.78 is 17.1. The molecule has 0 unspecified atom stereocenters. The second-order valence-electron chi connectivity index (χ2n) is 9.49. The largest absolute Gasteiger partial charge is 0.489 e. The van der Waals surface area contributed by atoms with Crippen LogP contribution in [-0.2, 0) is 4.79 Å². The van der Waals surface area contributed by atoms with Crippen molar-refractivity contribution in [2.45, 2.75) is 13.8 Å². The number of aliphatic hydroxyl groups is 1. The van der Waals surface area contributed by atoms with Crippen molar-refractivity contribution in [2.24, 2.45) is 0 Å². The van der Waals surface area contributed by atoms with Gasteiger partial charge in [-0.05, 0) is 97.8 Å². The molecular weight excluding hydrogens is 506 g/mol. The number of hydrogen-bond donors (Lipinski definition) is 2. The number of carboxylic acids is 1. The van der Waals surface area contributed by atoms with E-state index in [1.807, 2.05) is 68.3 Å². The fraction of sp³-hybridized carbons (Fsp3) is 0.242. The average Bonchev–Trinajstić information content (AvgIpc) is 3.30. The highest BCUT2D eigenvalue weighted by Gasteiger charge is 2.10. The van der Waals surface area contributed by atoms with Crippen molar-refractivity contribution in [3.8, 4) is 23.3 Å². The second kappa shape index (κ2) is 13.5. The summed E-state index contributed by atoms with van der Waals surface area (Å²) in [5.41, 5.74) is 5.63.